The Morgan fingerprint density at radius 2 is 2.06 bits per heavy atom. The highest BCUT2D eigenvalue weighted by atomic mass is 32.2. The lowest BCUT2D eigenvalue weighted by Crippen LogP contribution is -2.58. The van der Waals surface area contributed by atoms with Crippen molar-refractivity contribution in [1.29, 1.82) is 0 Å². The smallest absolute Gasteiger partial charge is 0.255 e. The molecule has 94 valence electrons. The summed E-state index contributed by atoms with van der Waals surface area (Å²) in [7, 11) is -1.66. The predicted molar refractivity (Wildman–Crippen MR) is 62.9 cm³/mol. The Morgan fingerprint density at radius 3 is 2.47 bits per heavy atom. The highest BCUT2D eigenvalue weighted by Gasteiger charge is 2.38. The second kappa shape index (κ2) is 3.85. The summed E-state index contributed by atoms with van der Waals surface area (Å²) in [5, 5.41) is 4.39. The van der Waals surface area contributed by atoms with Gasteiger partial charge in [0.15, 0.2) is 0 Å². The third-order valence-corrected chi connectivity index (χ3v) is 4.44. The molecule has 1 fully saturated rings. The standard InChI is InChI=1S/C10H15N3O3S/c1-7-9(3-4-12(7)2)10(14)13-5-8(6-13)17(11,15)16/h3-4,8H,5-6H2,1-2H3,(H2,11,15,16). The van der Waals surface area contributed by atoms with Crippen LogP contribution in [0.25, 0.3) is 0 Å². The Hall–Kier alpha value is -1.34. The SMILES string of the molecule is Cc1c(C(=O)N2CC(S(N)(=O)=O)C2)ccn1C. The van der Waals surface area contributed by atoms with Crippen molar-refractivity contribution in [2.24, 2.45) is 12.2 Å². The monoisotopic (exact) mass is 257 g/mol. The van der Waals surface area contributed by atoms with Crippen molar-refractivity contribution in [2.75, 3.05) is 13.1 Å². The molecule has 7 heteroatoms. The second-order valence-electron chi connectivity index (χ2n) is 4.35. The zero-order chi connectivity index (χ0) is 12.8. The number of carbonyl (C=O) groups excluding carboxylic acids is 1. The molecule has 0 unspecified atom stereocenters. The lowest BCUT2D eigenvalue weighted by Gasteiger charge is -2.37. The maximum absolute atomic E-state index is 12.0. The van der Waals surface area contributed by atoms with Gasteiger partial charge in [-0.3, -0.25) is 4.79 Å². The van der Waals surface area contributed by atoms with E-state index < -0.39 is 15.3 Å². The number of carbonyl (C=O) groups is 1. The summed E-state index contributed by atoms with van der Waals surface area (Å²) < 4.78 is 23.9. The number of nitrogens with zero attached hydrogens (tertiary/aromatic N) is 2. The van der Waals surface area contributed by atoms with Gasteiger partial charge in [-0.25, -0.2) is 13.6 Å². The molecular weight excluding hydrogens is 242 g/mol. The van der Waals surface area contributed by atoms with Crippen LogP contribution in [-0.2, 0) is 17.1 Å². The van der Waals surface area contributed by atoms with E-state index in [1.807, 2.05) is 18.5 Å². The Balaban J connectivity index is 2.08. The number of aromatic nitrogens is 1. The van der Waals surface area contributed by atoms with E-state index in [-0.39, 0.29) is 19.0 Å². The molecule has 0 saturated carbocycles. The zero-order valence-electron chi connectivity index (χ0n) is 9.75. The van der Waals surface area contributed by atoms with Crippen LogP contribution in [0.4, 0.5) is 0 Å². The fraction of sp³-hybridized carbons (Fsp3) is 0.500. The van der Waals surface area contributed by atoms with Crippen LogP contribution in [0.3, 0.4) is 0 Å². The first-order valence-electron chi connectivity index (χ1n) is 5.23. The minimum atomic E-state index is -3.52. The fourth-order valence-corrected chi connectivity index (χ4v) is 2.59. The van der Waals surface area contributed by atoms with Gasteiger partial charge in [0.05, 0.1) is 5.56 Å². The molecule has 1 amide bonds. The lowest BCUT2D eigenvalue weighted by atomic mass is 10.1. The normalized spacial score (nSPS) is 17.0. The van der Waals surface area contributed by atoms with Crippen LogP contribution >= 0.6 is 0 Å². The molecule has 1 saturated heterocycles. The van der Waals surface area contributed by atoms with Gasteiger partial charge in [0.2, 0.25) is 10.0 Å². The van der Waals surface area contributed by atoms with Gasteiger partial charge in [-0.2, -0.15) is 0 Å². The van der Waals surface area contributed by atoms with Crippen LogP contribution in [0.1, 0.15) is 16.1 Å². The highest BCUT2D eigenvalue weighted by molar-refractivity contribution is 7.89. The van der Waals surface area contributed by atoms with Gasteiger partial charge in [-0.1, -0.05) is 0 Å². The molecule has 1 aliphatic rings. The Morgan fingerprint density at radius 1 is 1.47 bits per heavy atom. The summed E-state index contributed by atoms with van der Waals surface area (Å²) in [6, 6.07) is 1.74. The summed E-state index contributed by atoms with van der Waals surface area (Å²) in [6.45, 7) is 2.22. The number of hydrogen-bond acceptors (Lipinski definition) is 3. The van der Waals surface area contributed by atoms with Gasteiger partial charge >= 0.3 is 0 Å². The number of primary sulfonamides is 1. The molecule has 6 nitrogen and oxygen atoms in total. The lowest BCUT2D eigenvalue weighted by molar-refractivity contribution is 0.0658. The molecular formula is C10H15N3O3S. The minimum absolute atomic E-state index is 0.136. The average molecular weight is 257 g/mol. The van der Waals surface area contributed by atoms with E-state index in [9.17, 15) is 13.2 Å². The van der Waals surface area contributed by atoms with E-state index in [4.69, 9.17) is 5.14 Å². The summed E-state index contributed by atoms with van der Waals surface area (Å²) in [5.74, 6) is -0.136. The maximum Gasteiger partial charge on any atom is 0.255 e. The van der Waals surface area contributed by atoms with E-state index in [2.05, 4.69) is 0 Å². The van der Waals surface area contributed by atoms with Crippen LogP contribution in [-0.4, -0.2) is 42.1 Å². The van der Waals surface area contributed by atoms with Gasteiger partial charge in [0.1, 0.15) is 5.25 Å². The quantitative estimate of drug-likeness (QED) is 0.771. The molecule has 1 aromatic rings. The van der Waals surface area contributed by atoms with Crippen molar-refractivity contribution in [3.8, 4) is 0 Å². The Labute approximate surface area is 100 Å². The number of amides is 1. The Bertz CT molecular complexity index is 555. The molecule has 2 rings (SSSR count). The first-order valence-corrected chi connectivity index (χ1v) is 6.84. The molecule has 0 spiro atoms. The third kappa shape index (κ3) is 2.07. The molecule has 0 aromatic carbocycles. The molecule has 2 heterocycles. The molecule has 0 radical (unpaired) electrons. The average Bonchev–Trinajstić information content (AvgIpc) is 2.42. The highest BCUT2D eigenvalue weighted by Crippen LogP contribution is 2.19. The predicted octanol–water partition coefficient (Wildman–Crippen LogP) is -0.554. The van der Waals surface area contributed by atoms with Crippen LogP contribution in [0.2, 0.25) is 0 Å². The summed E-state index contributed by atoms with van der Waals surface area (Å²) in [5.41, 5.74) is 1.48. The van der Waals surface area contributed by atoms with Crippen molar-refractivity contribution in [2.45, 2.75) is 12.2 Å². The van der Waals surface area contributed by atoms with Crippen molar-refractivity contribution >= 4 is 15.9 Å². The number of likely N-dealkylation sites (tertiary alicyclic amines) is 1. The van der Waals surface area contributed by atoms with E-state index in [0.717, 1.165) is 5.69 Å². The van der Waals surface area contributed by atoms with E-state index >= 15 is 0 Å². The topological polar surface area (TPSA) is 85.4 Å². The first kappa shape index (κ1) is 12.1. The number of sulfonamides is 1. The van der Waals surface area contributed by atoms with Gasteiger partial charge in [-0.15, -0.1) is 0 Å². The summed E-state index contributed by atoms with van der Waals surface area (Å²) in [4.78, 5) is 13.5. The van der Waals surface area contributed by atoms with Gasteiger partial charge in [-0.05, 0) is 13.0 Å². The van der Waals surface area contributed by atoms with E-state index in [1.54, 1.807) is 12.3 Å². The van der Waals surface area contributed by atoms with Crippen LogP contribution in [0.15, 0.2) is 12.3 Å². The molecule has 0 bridgehead atoms. The minimum Gasteiger partial charge on any atom is -0.354 e. The van der Waals surface area contributed by atoms with Crippen LogP contribution in [0, 0.1) is 6.92 Å². The first-order chi connectivity index (χ1) is 7.80. The van der Waals surface area contributed by atoms with E-state index in [0.29, 0.717) is 5.56 Å². The number of nitrogens with two attached hydrogens (primary N) is 1. The molecule has 0 aliphatic carbocycles. The van der Waals surface area contributed by atoms with E-state index in [1.165, 1.54) is 4.90 Å². The molecule has 2 N–H and O–H groups in total. The molecule has 1 aliphatic heterocycles. The second-order valence-corrected chi connectivity index (χ2v) is 6.19. The Kier molecular flexibility index (Phi) is 2.75. The third-order valence-electron chi connectivity index (χ3n) is 3.21. The largest absolute Gasteiger partial charge is 0.354 e. The number of hydrogen-bond donors (Lipinski definition) is 1. The summed E-state index contributed by atoms with van der Waals surface area (Å²) >= 11 is 0. The number of aryl methyl sites for hydroxylation is 1. The summed E-state index contributed by atoms with van der Waals surface area (Å²) in [6.07, 6.45) is 1.81. The van der Waals surface area contributed by atoms with Gasteiger partial charge in [0, 0.05) is 32.0 Å². The van der Waals surface area contributed by atoms with Gasteiger partial charge < -0.3 is 9.47 Å². The molecule has 0 atom stereocenters. The van der Waals surface area contributed by atoms with Crippen molar-refractivity contribution in [1.82, 2.24) is 9.47 Å². The van der Waals surface area contributed by atoms with Crippen molar-refractivity contribution < 1.29 is 13.2 Å². The molecule has 17 heavy (non-hydrogen) atoms. The fourth-order valence-electron chi connectivity index (χ4n) is 1.82. The van der Waals surface area contributed by atoms with Gasteiger partial charge in [0.25, 0.3) is 5.91 Å². The zero-order valence-corrected chi connectivity index (χ0v) is 10.6. The number of rotatable bonds is 2. The van der Waals surface area contributed by atoms with Crippen molar-refractivity contribution in [3.05, 3.63) is 23.5 Å². The van der Waals surface area contributed by atoms with Crippen LogP contribution in [0.5, 0.6) is 0 Å². The van der Waals surface area contributed by atoms with Crippen molar-refractivity contribution in [3.63, 3.8) is 0 Å². The molecule has 1 aromatic heterocycles. The van der Waals surface area contributed by atoms with Crippen LogP contribution < -0.4 is 5.14 Å². The maximum atomic E-state index is 12.0.